The summed E-state index contributed by atoms with van der Waals surface area (Å²) in [5.74, 6) is -0.326. The molecule has 1 rings (SSSR count). The van der Waals surface area contributed by atoms with Crippen LogP contribution in [0.4, 0.5) is 0 Å². The summed E-state index contributed by atoms with van der Waals surface area (Å²) < 4.78 is 29.0. The fourth-order valence-electron chi connectivity index (χ4n) is 1.56. The van der Waals surface area contributed by atoms with Gasteiger partial charge in [0.2, 0.25) is 10.0 Å². The van der Waals surface area contributed by atoms with Crippen molar-refractivity contribution in [1.82, 2.24) is 4.72 Å². The smallest absolute Gasteiger partial charge is 0.333 e. The van der Waals surface area contributed by atoms with Gasteiger partial charge in [-0.25, -0.2) is 17.9 Å². The summed E-state index contributed by atoms with van der Waals surface area (Å²) in [6.45, 7) is 6.25. The first-order valence-corrected chi connectivity index (χ1v) is 9.08. The fraction of sp³-hybridized carbons (Fsp3) is 0.786. The van der Waals surface area contributed by atoms with Gasteiger partial charge in [0.15, 0.2) is 0 Å². The third kappa shape index (κ3) is 12.5. The first-order valence-electron chi connectivity index (χ1n) is 7.19. The molecule has 0 amide bonds. The summed E-state index contributed by atoms with van der Waals surface area (Å²) in [6, 6.07) is -0.103. The third-order valence-corrected chi connectivity index (χ3v) is 3.22. The highest BCUT2D eigenvalue weighted by atomic mass is 32.2. The highest BCUT2D eigenvalue weighted by Gasteiger charge is 2.20. The molecule has 0 saturated heterocycles. The molecule has 2 N–H and O–H groups in total. The summed E-state index contributed by atoms with van der Waals surface area (Å²) in [5.41, 5.74) is 0.629. The van der Waals surface area contributed by atoms with E-state index in [1.54, 1.807) is 6.08 Å². The largest absolute Gasteiger partial charge is 0.466 e. The molecule has 0 spiro atoms. The average Bonchev–Trinajstić information content (AvgIpc) is 2.48. The maximum atomic E-state index is 11.1. The van der Waals surface area contributed by atoms with E-state index in [1.807, 2.05) is 20.8 Å². The molecule has 0 saturated carbocycles. The third-order valence-electron chi connectivity index (χ3n) is 2.46. The number of sulfonamides is 1. The van der Waals surface area contributed by atoms with Crippen LogP contribution >= 0.6 is 0 Å². The van der Waals surface area contributed by atoms with Crippen LogP contribution in [0.3, 0.4) is 0 Å². The van der Waals surface area contributed by atoms with Crippen LogP contribution in [0.25, 0.3) is 0 Å². The Kier molecular flexibility index (Phi) is 13.6. The first kappa shape index (κ1) is 22.4. The Morgan fingerprint density at radius 3 is 2.29 bits per heavy atom. The van der Waals surface area contributed by atoms with Crippen LogP contribution in [0.1, 0.15) is 46.5 Å². The zero-order valence-electron chi connectivity index (χ0n) is 13.7. The van der Waals surface area contributed by atoms with Gasteiger partial charge in [0.1, 0.15) is 0 Å². The zero-order valence-corrected chi connectivity index (χ0v) is 14.5. The number of ether oxygens (including phenoxy) is 1. The number of nitrogens with one attached hydrogen (secondary N) is 1. The van der Waals surface area contributed by atoms with Crippen molar-refractivity contribution in [1.29, 1.82) is 0 Å². The van der Waals surface area contributed by atoms with Gasteiger partial charge in [0, 0.05) is 18.2 Å². The van der Waals surface area contributed by atoms with Crippen molar-refractivity contribution in [3.8, 4) is 0 Å². The molecule has 0 fully saturated rings. The highest BCUT2D eigenvalue weighted by Crippen LogP contribution is 2.19. The second kappa shape index (κ2) is 12.8. The van der Waals surface area contributed by atoms with E-state index < -0.39 is 10.0 Å². The minimum Gasteiger partial charge on any atom is -0.466 e. The molecule has 0 radical (unpaired) electrons. The van der Waals surface area contributed by atoms with E-state index in [0.717, 1.165) is 12.7 Å². The van der Waals surface area contributed by atoms with Gasteiger partial charge in [-0.2, -0.15) is 0 Å². The minimum absolute atomic E-state index is 0.103. The van der Waals surface area contributed by atoms with Crippen molar-refractivity contribution in [2.75, 3.05) is 20.0 Å². The number of methoxy groups -OCH3 is 1. The van der Waals surface area contributed by atoms with Crippen LogP contribution in [-0.2, 0) is 19.6 Å². The van der Waals surface area contributed by atoms with E-state index in [9.17, 15) is 13.2 Å². The van der Waals surface area contributed by atoms with Gasteiger partial charge in [-0.3, -0.25) is 0 Å². The Balaban J connectivity index is 0. The molecule has 7 heteroatoms. The molecule has 0 aliphatic heterocycles. The summed E-state index contributed by atoms with van der Waals surface area (Å²) in [4.78, 5) is 11.1. The van der Waals surface area contributed by atoms with Crippen molar-refractivity contribution in [3.05, 3.63) is 11.6 Å². The van der Waals surface area contributed by atoms with Crippen molar-refractivity contribution in [2.24, 2.45) is 0 Å². The molecule has 0 bridgehead atoms. The van der Waals surface area contributed by atoms with Crippen LogP contribution < -0.4 is 4.72 Å². The molecule has 0 aromatic rings. The number of hydrogen-bond donors (Lipinski definition) is 2. The lowest BCUT2D eigenvalue weighted by Crippen LogP contribution is -2.35. The van der Waals surface area contributed by atoms with E-state index in [2.05, 4.69) is 9.46 Å². The number of hydrogen-bond acceptors (Lipinski definition) is 5. The molecule has 1 aliphatic carbocycles. The maximum Gasteiger partial charge on any atom is 0.333 e. The average molecular weight is 323 g/mol. The zero-order chi connectivity index (χ0) is 16.9. The lowest BCUT2D eigenvalue weighted by Gasteiger charge is -2.20. The van der Waals surface area contributed by atoms with E-state index in [-0.39, 0.29) is 12.0 Å². The van der Waals surface area contributed by atoms with Crippen molar-refractivity contribution < 1.29 is 23.1 Å². The van der Waals surface area contributed by atoms with E-state index >= 15 is 0 Å². The number of aliphatic hydroxyl groups excluding tert-OH is 1. The topological polar surface area (TPSA) is 92.7 Å². The molecular weight excluding hydrogens is 294 g/mol. The lowest BCUT2D eigenvalue weighted by molar-refractivity contribution is -0.136. The Morgan fingerprint density at radius 2 is 2.00 bits per heavy atom. The van der Waals surface area contributed by atoms with Gasteiger partial charge in [0.25, 0.3) is 0 Å². The Morgan fingerprint density at radius 1 is 1.48 bits per heavy atom. The van der Waals surface area contributed by atoms with Crippen LogP contribution in [-0.4, -0.2) is 45.5 Å². The van der Waals surface area contributed by atoms with Crippen molar-refractivity contribution in [3.63, 3.8) is 0 Å². The molecular formula is C14H29NO5S. The molecule has 1 atom stereocenters. The summed E-state index contributed by atoms with van der Waals surface area (Å²) >= 11 is 0. The predicted molar refractivity (Wildman–Crippen MR) is 84.4 cm³/mol. The lowest BCUT2D eigenvalue weighted by atomic mass is 9.96. The second-order valence-corrected chi connectivity index (χ2v) is 6.09. The Hall–Kier alpha value is -0.920. The van der Waals surface area contributed by atoms with Crippen LogP contribution in [0.15, 0.2) is 11.6 Å². The van der Waals surface area contributed by atoms with Gasteiger partial charge in [0.05, 0.1) is 13.4 Å². The fourth-order valence-corrected chi connectivity index (χ4v) is 2.38. The summed E-state index contributed by atoms with van der Waals surface area (Å²) in [5, 5.41) is 7.88. The quantitative estimate of drug-likeness (QED) is 0.767. The standard InChI is InChI=1S/C9H15NO4S.C3H8O.C2H6/c1-14-9(11)7-3-5-8(6-4-7)10-15(2,12)13;1-2-3-4;1-2/h3,8,10H,4-6H2,1-2H3;4H,2-3H2,1H3;1-2H3. The van der Waals surface area contributed by atoms with E-state index in [1.165, 1.54) is 7.11 Å². The Labute approximate surface area is 128 Å². The molecule has 21 heavy (non-hydrogen) atoms. The van der Waals surface area contributed by atoms with Crippen LogP contribution in [0.2, 0.25) is 0 Å². The van der Waals surface area contributed by atoms with E-state index in [4.69, 9.17) is 5.11 Å². The maximum absolute atomic E-state index is 11.1. The number of carbonyl (C=O) groups excluding carboxylic acids is 1. The SMILES string of the molecule is CC.CCCO.COC(=O)C1=CCC(NS(C)(=O)=O)CC1. The molecule has 1 unspecified atom stereocenters. The highest BCUT2D eigenvalue weighted by molar-refractivity contribution is 7.88. The van der Waals surface area contributed by atoms with Crippen molar-refractivity contribution in [2.45, 2.75) is 52.5 Å². The molecule has 0 aromatic carbocycles. The summed E-state index contributed by atoms with van der Waals surface area (Å²) in [7, 11) is -1.83. The normalized spacial score (nSPS) is 17.4. The van der Waals surface area contributed by atoms with Gasteiger partial charge < -0.3 is 9.84 Å². The number of rotatable bonds is 4. The number of esters is 1. The Bertz CT molecular complexity index is 402. The monoisotopic (exact) mass is 323 g/mol. The molecule has 0 heterocycles. The number of carbonyl (C=O) groups is 1. The van der Waals surface area contributed by atoms with Crippen LogP contribution in [0, 0.1) is 0 Å². The number of aliphatic hydroxyl groups is 1. The van der Waals surface area contributed by atoms with Gasteiger partial charge in [-0.05, 0) is 25.7 Å². The van der Waals surface area contributed by atoms with E-state index in [0.29, 0.717) is 31.4 Å². The molecule has 0 aromatic heterocycles. The first-order chi connectivity index (χ1) is 9.84. The summed E-state index contributed by atoms with van der Waals surface area (Å²) in [6.07, 6.45) is 5.47. The van der Waals surface area contributed by atoms with Gasteiger partial charge in [-0.15, -0.1) is 0 Å². The molecule has 126 valence electrons. The van der Waals surface area contributed by atoms with Gasteiger partial charge >= 0.3 is 5.97 Å². The van der Waals surface area contributed by atoms with Crippen molar-refractivity contribution >= 4 is 16.0 Å². The predicted octanol–water partition coefficient (Wildman–Crippen LogP) is 1.60. The second-order valence-electron chi connectivity index (χ2n) is 4.31. The molecule has 1 aliphatic rings. The minimum atomic E-state index is -3.16. The van der Waals surface area contributed by atoms with Gasteiger partial charge in [-0.1, -0.05) is 26.8 Å². The molecule has 6 nitrogen and oxygen atoms in total. The van der Waals surface area contributed by atoms with Crippen LogP contribution in [0.5, 0.6) is 0 Å².